The summed E-state index contributed by atoms with van der Waals surface area (Å²) >= 11 is 0. The normalized spacial score (nSPS) is 20.8. The molecule has 0 radical (unpaired) electrons. The molecule has 6 nitrogen and oxygen atoms in total. The molecule has 0 saturated carbocycles. The Labute approximate surface area is 93.3 Å². The van der Waals surface area contributed by atoms with Crippen LogP contribution in [0, 0.1) is 13.8 Å². The molecule has 1 aromatic rings. The van der Waals surface area contributed by atoms with Crippen molar-refractivity contribution < 1.29 is 14.1 Å². The molecule has 2 rings (SSSR count). The van der Waals surface area contributed by atoms with E-state index in [9.17, 15) is 4.79 Å². The Kier molecular flexibility index (Phi) is 3.21. The number of anilines is 1. The maximum Gasteiger partial charge on any atom is 0.257 e. The highest BCUT2D eigenvalue weighted by Crippen LogP contribution is 2.17. The van der Waals surface area contributed by atoms with Gasteiger partial charge in [-0.25, -0.2) is 0 Å². The Morgan fingerprint density at radius 3 is 2.94 bits per heavy atom. The molecule has 16 heavy (non-hydrogen) atoms. The molecule has 0 aliphatic carbocycles. The van der Waals surface area contributed by atoms with E-state index in [0.717, 1.165) is 17.8 Å². The fourth-order valence-electron chi connectivity index (χ4n) is 1.46. The fourth-order valence-corrected chi connectivity index (χ4v) is 1.46. The van der Waals surface area contributed by atoms with Crippen LogP contribution >= 0.6 is 0 Å². The lowest BCUT2D eigenvalue weighted by Gasteiger charge is -2.22. The Bertz CT molecular complexity index is 383. The Hall–Kier alpha value is -1.40. The summed E-state index contributed by atoms with van der Waals surface area (Å²) in [4.78, 5) is 11.8. The topological polar surface area (TPSA) is 76.4 Å². The van der Waals surface area contributed by atoms with Gasteiger partial charge in [-0.05, 0) is 13.8 Å². The van der Waals surface area contributed by atoms with Crippen molar-refractivity contribution >= 4 is 11.8 Å². The Morgan fingerprint density at radius 1 is 1.56 bits per heavy atom. The molecule has 1 aliphatic rings. The molecule has 1 saturated heterocycles. The number of ether oxygens (including phenoxy) is 1. The van der Waals surface area contributed by atoms with E-state index in [4.69, 9.17) is 9.26 Å². The van der Waals surface area contributed by atoms with Gasteiger partial charge in [0.05, 0.1) is 12.3 Å². The van der Waals surface area contributed by atoms with E-state index in [1.807, 2.05) is 13.8 Å². The number of aromatic nitrogens is 1. The first kappa shape index (κ1) is 11.1. The summed E-state index contributed by atoms with van der Waals surface area (Å²) in [6.07, 6.45) is -0.460. The predicted molar refractivity (Wildman–Crippen MR) is 57.2 cm³/mol. The zero-order chi connectivity index (χ0) is 11.5. The molecule has 1 aromatic heterocycles. The van der Waals surface area contributed by atoms with Gasteiger partial charge in [0.1, 0.15) is 6.10 Å². The summed E-state index contributed by atoms with van der Waals surface area (Å²) in [7, 11) is 0. The Morgan fingerprint density at radius 2 is 2.38 bits per heavy atom. The molecule has 0 spiro atoms. The van der Waals surface area contributed by atoms with Crippen molar-refractivity contribution in [3.8, 4) is 0 Å². The molecular formula is C10H15N3O3. The molecule has 1 atom stereocenters. The summed E-state index contributed by atoms with van der Waals surface area (Å²) in [6, 6.07) is 0. The summed E-state index contributed by atoms with van der Waals surface area (Å²) in [5, 5.41) is 9.53. The number of carbonyl (C=O) groups is 1. The lowest BCUT2D eigenvalue weighted by molar-refractivity contribution is -0.128. The second-order valence-corrected chi connectivity index (χ2v) is 3.77. The third-order valence-corrected chi connectivity index (χ3v) is 2.61. The maximum atomic E-state index is 11.8. The number of nitrogens with zero attached hydrogens (tertiary/aromatic N) is 1. The largest absolute Gasteiger partial charge is 0.366 e. The van der Waals surface area contributed by atoms with Crippen molar-refractivity contribution in [2.75, 3.05) is 25.0 Å². The van der Waals surface area contributed by atoms with Crippen LogP contribution in [0.1, 0.15) is 11.3 Å². The maximum absolute atomic E-state index is 11.8. The zero-order valence-corrected chi connectivity index (χ0v) is 9.37. The van der Waals surface area contributed by atoms with Gasteiger partial charge in [0.2, 0.25) is 5.88 Å². The number of aryl methyl sites for hydroxylation is 1. The van der Waals surface area contributed by atoms with Gasteiger partial charge in [0.15, 0.2) is 0 Å². The van der Waals surface area contributed by atoms with Crippen molar-refractivity contribution in [1.82, 2.24) is 10.5 Å². The average Bonchev–Trinajstić information content (AvgIpc) is 2.62. The molecule has 1 amide bonds. The van der Waals surface area contributed by atoms with E-state index in [2.05, 4.69) is 15.8 Å². The molecule has 1 unspecified atom stereocenters. The lowest BCUT2D eigenvalue weighted by atomic mass is 10.2. The van der Waals surface area contributed by atoms with Crippen LogP contribution in [-0.2, 0) is 9.53 Å². The van der Waals surface area contributed by atoms with Crippen molar-refractivity contribution in [2.45, 2.75) is 20.0 Å². The Balaban J connectivity index is 1.98. The van der Waals surface area contributed by atoms with Crippen molar-refractivity contribution in [3.63, 3.8) is 0 Å². The standard InChI is InChI=1S/C10H15N3O3/c1-6-7(2)13-16-10(6)12-9(14)8-5-11-3-4-15-8/h8,11H,3-5H2,1-2H3,(H,12,14). The summed E-state index contributed by atoms with van der Waals surface area (Å²) in [5.74, 6) is 0.197. The number of morpholine rings is 1. The third-order valence-electron chi connectivity index (χ3n) is 2.61. The van der Waals surface area contributed by atoms with Gasteiger partial charge in [0.25, 0.3) is 5.91 Å². The number of nitrogens with one attached hydrogen (secondary N) is 2. The molecule has 2 heterocycles. The SMILES string of the molecule is Cc1noc(NC(=O)C2CNCCO2)c1C. The van der Waals surface area contributed by atoms with Gasteiger partial charge in [0, 0.05) is 18.7 Å². The van der Waals surface area contributed by atoms with Crippen LogP contribution in [0.25, 0.3) is 0 Å². The molecule has 1 fully saturated rings. The van der Waals surface area contributed by atoms with Gasteiger partial charge in [-0.1, -0.05) is 5.16 Å². The van der Waals surface area contributed by atoms with E-state index in [0.29, 0.717) is 19.0 Å². The van der Waals surface area contributed by atoms with E-state index in [1.165, 1.54) is 0 Å². The average molecular weight is 225 g/mol. The first-order valence-corrected chi connectivity index (χ1v) is 5.24. The van der Waals surface area contributed by atoms with Crippen molar-refractivity contribution in [1.29, 1.82) is 0 Å². The van der Waals surface area contributed by atoms with Crippen LogP contribution in [-0.4, -0.2) is 36.9 Å². The van der Waals surface area contributed by atoms with Gasteiger partial charge in [-0.3, -0.25) is 10.1 Å². The molecule has 88 valence electrons. The number of amides is 1. The molecule has 2 N–H and O–H groups in total. The quantitative estimate of drug-likeness (QED) is 0.753. The summed E-state index contributed by atoms with van der Waals surface area (Å²) in [6.45, 7) is 5.53. The number of rotatable bonds is 2. The van der Waals surface area contributed by atoms with E-state index in [1.54, 1.807) is 0 Å². The minimum absolute atomic E-state index is 0.202. The highest BCUT2D eigenvalue weighted by Gasteiger charge is 2.23. The molecule has 0 bridgehead atoms. The minimum atomic E-state index is -0.460. The summed E-state index contributed by atoms with van der Waals surface area (Å²) in [5.41, 5.74) is 1.62. The van der Waals surface area contributed by atoms with Gasteiger partial charge in [-0.15, -0.1) is 0 Å². The highest BCUT2D eigenvalue weighted by molar-refractivity contribution is 5.93. The second-order valence-electron chi connectivity index (χ2n) is 3.77. The van der Waals surface area contributed by atoms with Gasteiger partial charge in [-0.2, -0.15) is 0 Å². The van der Waals surface area contributed by atoms with E-state index >= 15 is 0 Å². The number of hydrogen-bond acceptors (Lipinski definition) is 5. The minimum Gasteiger partial charge on any atom is -0.366 e. The van der Waals surface area contributed by atoms with E-state index in [-0.39, 0.29) is 5.91 Å². The van der Waals surface area contributed by atoms with Crippen LogP contribution in [0.15, 0.2) is 4.52 Å². The predicted octanol–water partition coefficient (Wildman–Crippen LogP) is 0.218. The first-order chi connectivity index (χ1) is 7.68. The smallest absolute Gasteiger partial charge is 0.257 e. The van der Waals surface area contributed by atoms with Crippen LogP contribution in [0.5, 0.6) is 0 Å². The second kappa shape index (κ2) is 4.63. The number of carbonyl (C=O) groups excluding carboxylic acids is 1. The van der Waals surface area contributed by atoms with Crippen LogP contribution in [0.2, 0.25) is 0 Å². The van der Waals surface area contributed by atoms with E-state index < -0.39 is 6.10 Å². The third kappa shape index (κ3) is 2.23. The van der Waals surface area contributed by atoms with Gasteiger partial charge < -0.3 is 14.6 Å². The highest BCUT2D eigenvalue weighted by atomic mass is 16.5. The monoisotopic (exact) mass is 225 g/mol. The molecule has 6 heteroatoms. The van der Waals surface area contributed by atoms with Crippen LogP contribution in [0.3, 0.4) is 0 Å². The molecule has 1 aliphatic heterocycles. The molecular weight excluding hydrogens is 210 g/mol. The molecule has 0 aromatic carbocycles. The van der Waals surface area contributed by atoms with Crippen LogP contribution < -0.4 is 10.6 Å². The first-order valence-electron chi connectivity index (χ1n) is 5.24. The number of hydrogen-bond donors (Lipinski definition) is 2. The van der Waals surface area contributed by atoms with Crippen LogP contribution in [0.4, 0.5) is 5.88 Å². The van der Waals surface area contributed by atoms with Crippen molar-refractivity contribution in [2.24, 2.45) is 0 Å². The summed E-state index contributed by atoms with van der Waals surface area (Å²) < 4.78 is 10.3. The fraction of sp³-hybridized carbons (Fsp3) is 0.600. The van der Waals surface area contributed by atoms with Gasteiger partial charge >= 0.3 is 0 Å². The van der Waals surface area contributed by atoms with Crippen molar-refractivity contribution in [3.05, 3.63) is 11.3 Å². The lowest BCUT2D eigenvalue weighted by Crippen LogP contribution is -2.45. The zero-order valence-electron chi connectivity index (χ0n) is 9.37.